The summed E-state index contributed by atoms with van der Waals surface area (Å²) in [5.41, 5.74) is 4.32. The molecule has 0 spiro atoms. The van der Waals surface area contributed by atoms with Crippen molar-refractivity contribution in [3.8, 4) is 5.75 Å². The maximum atomic E-state index is 11.7. The number of rotatable bonds is 7. The molecule has 2 rings (SSSR count). The lowest BCUT2D eigenvalue weighted by Gasteiger charge is -2.08. The maximum absolute atomic E-state index is 11.7. The predicted molar refractivity (Wildman–Crippen MR) is 98.1 cm³/mol. The van der Waals surface area contributed by atoms with Gasteiger partial charge in [-0.2, -0.15) is 5.10 Å². The van der Waals surface area contributed by atoms with Gasteiger partial charge >= 0.3 is 0 Å². The molecule has 0 aliphatic carbocycles. The zero-order valence-corrected chi connectivity index (χ0v) is 14.8. The highest BCUT2D eigenvalue weighted by Gasteiger charge is 2.02. The lowest BCUT2D eigenvalue weighted by atomic mass is 10.2. The largest absolute Gasteiger partial charge is 0.493 e. The summed E-state index contributed by atoms with van der Waals surface area (Å²) >= 11 is 11.7. The Balaban J connectivity index is 1.67. The Morgan fingerprint density at radius 2 is 1.88 bits per heavy atom. The lowest BCUT2D eigenvalue weighted by molar-refractivity contribution is -0.121. The first-order chi connectivity index (χ1) is 11.5. The Kier molecular flexibility index (Phi) is 7.09. The fourth-order valence-corrected chi connectivity index (χ4v) is 2.33. The number of aryl methyl sites for hydroxylation is 1. The number of nitrogens with zero attached hydrogens (tertiary/aromatic N) is 1. The van der Waals surface area contributed by atoms with Crippen molar-refractivity contribution < 1.29 is 9.53 Å². The van der Waals surface area contributed by atoms with Gasteiger partial charge in [0, 0.05) is 16.5 Å². The Morgan fingerprint density at radius 1 is 1.17 bits per heavy atom. The smallest absolute Gasteiger partial charge is 0.240 e. The Labute approximate surface area is 151 Å². The van der Waals surface area contributed by atoms with Gasteiger partial charge in [-0.25, -0.2) is 5.43 Å². The number of carbonyl (C=O) groups is 1. The standard InChI is InChI=1S/C18H18Cl2N2O2/c1-13-11-16(20)8-9-17(13)24-10-2-3-18(23)22-21-12-14-4-6-15(19)7-5-14/h4-9,11-12H,2-3,10H2,1H3,(H,22,23). The van der Waals surface area contributed by atoms with E-state index in [1.807, 2.05) is 31.2 Å². The molecule has 0 atom stereocenters. The van der Waals surface area contributed by atoms with Crippen LogP contribution in [0.1, 0.15) is 24.0 Å². The van der Waals surface area contributed by atoms with Crippen molar-refractivity contribution in [2.45, 2.75) is 19.8 Å². The van der Waals surface area contributed by atoms with E-state index in [1.165, 1.54) is 0 Å². The molecule has 0 saturated carbocycles. The van der Waals surface area contributed by atoms with Crippen molar-refractivity contribution in [1.29, 1.82) is 0 Å². The van der Waals surface area contributed by atoms with Crippen LogP contribution in [0.5, 0.6) is 5.75 Å². The number of halogens is 2. The first kappa shape index (κ1) is 18.3. The summed E-state index contributed by atoms with van der Waals surface area (Å²) in [4.78, 5) is 11.7. The molecule has 0 aliphatic rings. The van der Waals surface area contributed by atoms with E-state index in [0.29, 0.717) is 29.5 Å². The van der Waals surface area contributed by atoms with Crippen molar-refractivity contribution >= 4 is 35.3 Å². The molecule has 0 aliphatic heterocycles. The van der Waals surface area contributed by atoms with Gasteiger partial charge in [-0.15, -0.1) is 0 Å². The van der Waals surface area contributed by atoms with Gasteiger partial charge in [-0.3, -0.25) is 4.79 Å². The molecule has 1 N–H and O–H groups in total. The minimum atomic E-state index is -0.156. The average molecular weight is 365 g/mol. The Bertz CT molecular complexity index is 715. The SMILES string of the molecule is Cc1cc(Cl)ccc1OCCCC(=O)NN=Cc1ccc(Cl)cc1. The van der Waals surface area contributed by atoms with E-state index in [4.69, 9.17) is 27.9 Å². The zero-order valence-electron chi connectivity index (χ0n) is 13.3. The van der Waals surface area contributed by atoms with E-state index in [0.717, 1.165) is 16.9 Å². The van der Waals surface area contributed by atoms with Crippen LogP contribution in [-0.4, -0.2) is 18.7 Å². The molecule has 0 radical (unpaired) electrons. The second-order valence-corrected chi connectivity index (χ2v) is 6.08. The Hall–Kier alpha value is -2.04. The van der Waals surface area contributed by atoms with Crippen LogP contribution in [0, 0.1) is 6.92 Å². The molecule has 2 aromatic carbocycles. The number of hydrazone groups is 1. The number of carbonyl (C=O) groups excluding carboxylic acids is 1. The van der Waals surface area contributed by atoms with E-state index >= 15 is 0 Å². The van der Waals surface area contributed by atoms with Crippen LogP contribution in [0.15, 0.2) is 47.6 Å². The van der Waals surface area contributed by atoms with Gasteiger partial charge in [0.1, 0.15) is 5.75 Å². The molecule has 0 aromatic heterocycles. The molecule has 0 heterocycles. The highest BCUT2D eigenvalue weighted by atomic mass is 35.5. The van der Waals surface area contributed by atoms with Crippen LogP contribution in [0.25, 0.3) is 0 Å². The number of hydrogen-bond acceptors (Lipinski definition) is 3. The molecule has 6 heteroatoms. The van der Waals surface area contributed by atoms with Crippen molar-refractivity contribution in [1.82, 2.24) is 5.43 Å². The fraction of sp³-hybridized carbons (Fsp3) is 0.222. The maximum Gasteiger partial charge on any atom is 0.240 e. The van der Waals surface area contributed by atoms with Crippen LogP contribution in [0.4, 0.5) is 0 Å². The molecular weight excluding hydrogens is 347 g/mol. The molecule has 2 aromatic rings. The van der Waals surface area contributed by atoms with Gasteiger partial charge in [0.2, 0.25) is 5.91 Å². The zero-order chi connectivity index (χ0) is 17.4. The molecule has 24 heavy (non-hydrogen) atoms. The number of hydrogen-bond donors (Lipinski definition) is 1. The summed E-state index contributed by atoms with van der Waals surface area (Å²) in [6.45, 7) is 2.39. The van der Waals surface area contributed by atoms with Gasteiger partial charge in [0.05, 0.1) is 12.8 Å². The lowest BCUT2D eigenvalue weighted by Crippen LogP contribution is -2.18. The third-order valence-electron chi connectivity index (χ3n) is 3.22. The molecule has 0 fully saturated rings. The van der Waals surface area contributed by atoms with Crippen molar-refractivity contribution in [3.05, 3.63) is 63.6 Å². The van der Waals surface area contributed by atoms with E-state index in [1.54, 1.807) is 24.4 Å². The van der Waals surface area contributed by atoms with Crippen molar-refractivity contribution in [2.24, 2.45) is 5.10 Å². The second-order valence-electron chi connectivity index (χ2n) is 5.21. The van der Waals surface area contributed by atoms with Gasteiger partial charge in [-0.1, -0.05) is 35.3 Å². The summed E-state index contributed by atoms with van der Waals surface area (Å²) in [5.74, 6) is 0.622. The van der Waals surface area contributed by atoms with Crippen molar-refractivity contribution in [2.75, 3.05) is 6.61 Å². The number of ether oxygens (including phenoxy) is 1. The van der Waals surface area contributed by atoms with Crippen LogP contribution >= 0.6 is 23.2 Å². The molecule has 126 valence electrons. The third-order valence-corrected chi connectivity index (χ3v) is 3.70. The normalized spacial score (nSPS) is 10.8. The molecule has 4 nitrogen and oxygen atoms in total. The van der Waals surface area contributed by atoms with E-state index < -0.39 is 0 Å². The highest BCUT2D eigenvalue weighted by Crippen LogP contribution is 2.21. The molecule has 1 amide bonds. The second kappa shape index (κ2) is 9.30. The Morgan fingerprint density at radius 3 is 2.58 bits per heavy atom. The molecule has 0 unspecified atom stereocenters. The minimum absolute atomic E-state index is 0.156. The van der Waals surface area contributed by atoms with Gasteiger partial charge in [0.25, 0.3) is 0 Å². The van der Waals surface area contributed by atoms with E-state index in [-0.39, 0.29) is 5.91 Å². The predicted octanol–water partition coefficient (Wildman–Crippen LogP) is 4.61. The topological polar surface area (TPSA) is 50.7 Å². The summed E-state index contributed by atoms with van der Waals surface area (Å²) in [5, 5.41) is 5.25. The number of nitrogens with one attached hydrogen (secondary N) is 1. The quantitative estimate of drug-likeness (QED) is 0.443. The van der Waals surface area contributed by atoms with Crippen LogP contribution in [0.3, 0.4) is 0 Å². The minimum Gasteiger partial charge on any atom is -0.493 e. The fourth-order valence-electron chi connectivity index (χ4n) is 1.97. The van der Waals surface area contributed by atoms with Crippen LogP contribution in [-0.2, 0) is 4.79 Å². The van der Waals surface area contributed by atoms with E-state index in [2.05, 4.69) is 10.5 Å². The summed E-state index contributed by atoms with van der Waals surface area (Å²) in [7, 11) is 0. The first-order valence-corrected chi connectivity index (χ1v) is 8.26. The van der Waals surface area contributed by atoms with Gasteiger partial charge < -0.3 is 4.74 Å². The third kappa shape index (κ3) is 6.22. The first-order valence-electron chi connectivity index (χ1n) is 7.51. The van der Waals surface area contributed by atoms with Crippen LogP contribution in [0.2, 0.25) is 10.0 Å². The average Bonchev–Trinajstić information content (AvgIpc) is 2.55. The van der Waals surface area contributed by atoms with Crippen LogP contribution < -0.4 is 10.2 Å². The number of amides is 1. The molecular formula is C18H18Cl2N2O2. The number of benzene rings is 2. The van der Waals surface area contributed by atoms with E-state index in [9.17, 15) is 4.79 Å². The monoisotopic (exact) mass is 364 g/mol. The summed E-state index contributed by atoms with van der Waals surface area (Å²) in [6, 6.07) is 12.6. The van der Waals surface area contributed by atoms with Gasteiger partial charge in [0.15, 0.2) is 0 Å². The summed E-state index contributed by atoms with van der Waals surface area (Å²) in [6.07, 6.45) is 2.51. The van der Waals surface area contributed by atoms with Crippen molar-refractivity contribution in [3.63, 3.8) is 0 Å². The van der Waals surface area contributed by atoms with Gasteiger partial charge in [-0.05, 0) is 54.8 Å². The molecule has 0 saturated heterocycles. The summed E-state index contributed by atoms with van der Waals surface area (Å²) < 4.78 is 5.64. The molecule has 0 bridgehead atoms. The highest BCUT2D eigenvalue weighted by molar-refractivity contribution is 6.30.